The summed E-state index contributed by atoms with van der Waals surface area (Å²) >= 11 is 0. The molecule has 0 saturated carbocycles. The van der Waals surface area contributed by atoms with Gasteiger partial charge in [-0.15, -0.1) is 0 Å². The monoisotopic (exact) mass is 318 g/mol. The number of ketones is 1. The zero-order chi connectivity index (χ0) is 17.4. The van der Waals surface area contributed by atoms with E-state index >= 15 is 0 Å². The number of hydrogen-bond donors (Lipinski definition) is 0. The van der Waals surface area contributed by atoms with Crippen molar-refractivity contribution in [1.29, 1.82) is 0 Å². The van der Waals surface area contributed by atoms with Crippen molar-refractivity contribution in [3.8, 4) is 11.5 Å². The topological polar surface area (TPSA) is 61.8 Å². The minimum absolute atomic E-state index is 0.0703. The third-order valence-electron chi connectivity index (χ3n) is 2.86. The van der Waals surface area contributed by atoms with E-state index in [4.69, 9.17) is 9.47 Å². The first kappa shape index (κ1) is 18.5. The van der Waals surface area contributed by atoms with Crippen LogP contribution in [-0.2, 0) is 9.53 Å². The Bertz CT molecular complexity index is 637. The Labute approximate surface area is 136 Å². The van der Waals surface area contributed by atoms with Gasteiger partial charge in [-0.25, -0.2) is 4.79 Å². The molecule has 0 saturated heterocycles. The Morgan fingerprint density at radius 1 is 1.04 bits per heavy atom. The molecule has 1 rings (SSSR count). The summed E-state index contributed by atoms with van der Waals surface area (Å²) in [6, 6.07) is 4.78. The standard InChI is InChI=1S/C18H22O5/c1-12(2)8-15(19)9-13(3)11-23-16-7-6-14(18(20)22-5)10-17(16)21-4/h6-10H,11H2,1-5H3/b13-9-. The van der Waals surface area contributed by atoms with Crippen LogP contribution in [0.4, 0.5) is 0 Å². The third-order valence-corrected chi connectivity index (χ3v) is 2.86. The first-order valence-corrected chi connectivity index (χ1v) is 7.12. The smallest absolute Gasteiger partial charge is 0.337 e. The van der Waals surface area contributed by atoms with Gasteiger partial charge in [0, 0.05) is 0 Å². The van der Waals surface area contributed by atoms with E-state index in [1.807, 2.05) is 20.8 Å². The predicted molar refractivity (Wildman–Crippen MR) is 88.0 cm³/mol. The molecule has 0 radical (unpaired) electrons. The molecule has 0 aliphatic heterocycles. The van der Waals surface area contributed by atoms with Crippen molar-refractivity contribution < 1.29 is 23.8 Å². The highest BCUT2D eigenvalue weighted by molar-refractivity contribution is 6.00. The van der Waals surface area contributed by atoms with Crippen LogP contribution in [0.25, 0.3) is 0 Å². The van der Waals surface area contributed by atoms with E-state index in [0.29, 0.717) is 17.1 Å². The molecule has 1 aromatic carbocycles. The molecule has 0 aliphatic carbocycles. The SMILES string of the molecule is COC(=O)c1ccc(OC/C(C)=C\C(=O)C=C(C)C)c(OC)c1. The highest BCUT2D eigenvalue weighted by Gasteiger charge is 2.11. The van der Waals surface area contributed by atoms with Crippen LogP contribution in [-0.4, -0.2) is 32.6 Å². The Hall–Kier alpha value is -2.56. The summed E-state index contributed by atoms with van der Waals surface area (Å²) in [5, 5.41) is 0. The van der Waals surface area contributed by atoms with Gasteiger partial charge in [0.2, 0.25) is 0 Å². The van der Waals surface area contributed by atoms with E-state index in [2.05, 4.69) is 4.74 Å². The van der Waals surface area contributed by atoms with Gasteiger partial charge in [0.1, 0.15) is 6.61 Å². The lowest BCUT2D eigenvalue weighted by atomic mass is 10.2. The molecule has 124 valence electrons. The van der Waals surface area contributed by atoms with E-state index < -0.39 is 5.97 Å². The summed E-state index contributed by atoms with van der Waals surface area (Å²) in [4.78, 5) is 23.2. The van der Waals surface area contributed by atoms with Gasteiger partial charge in [0.05, 0.1) is 19.8 Å². The number of allylic oxidation sites excluding steroid dienone is 3. The van der Waals surface area contributed by atoms with Gasteiger partial charge in [0.15, 0.2) is 17.3 Å². The average Bonchev–Trinajstić information content (AvgIpc) is 2.50. The lowest BCUT2D eigenvalue weighted by Crippen LogP contribution is -2.05. The Morgan fingerprint density at radius 2 is 1.74 bits per heavy atom. The fourth-order valence-electron chi connectivity index (χ4n) is 1.83. The molecule has 0 aliphatic rings. The van der Waals surface area contributed by atoms with Gasteiger partial charge in [0.25, 0.3) is 0 Å². The molecule has 0 amide bonds. The number of benzene rings is 1. The van der Waals surface area contributed by atoms with Crippen LogP contribution in [0.2, 0.25) is 0 Å². The molecule has 0 bridgehead atoms. The number of ether oxygens (including phenoxy) is 3. The predicted octanol–water partition coefficient (Wildman–Crippen LogP) is 3.34. The Kier molecular flexibility index (Phi) is 7.06. The lowest BCUT2D eigenvalue weighted by molar-refractivity contribution is -0.110. The van der Waals surface area contributed by atoms with E-state index in [9.17, 15) is 9.59 Å². The number of esters is 1. The maximum atomic E-state index is 11.7. The molecule has 5 heteroatoms. The molecular formula is C18H22O5. The van der Waals surface area contributed by atoms with Crippen LogP contribution in [0.15, 0.2) is 41.5 Å². The highest BCUT2D eigenvalue weighted by Crippen LogP contribution is 2.28. The van der Waals surface area contributed by atoms with Crippen LogP contribution in [0.3, 0.4) is 0 Å². The molecule has 0 spiro atoms. The lowest BCUT2D eigenvalue weighted by Gasteiger charge is -2.11. The molecule has 0 unspecified atom stereocenters. The van der Waals surface area contributed by atoms with Crippen LogP contribution in [0.1, 0.15) is 31.1 Å². The molecule has 23 heavy (non-hydrogen) atoms. The summed E-state index contributed by atoms with van der Waals surface area (Å²) < 4.78 is 15.5. The Morgan fingerprint density at radius 3 is 2.30 bits per heavy atom. The van der Waals surface area contributed by atoms with Crippen molar-refractivity contribution in [3.63, 3.8) is 0 Å². The summed E-state index contributed by atoms with van der Waals surface area (Å²) in [5.74, 6) is 0.399. The number of carbonyl (C=O) groups is 2. The normalized spacial score (nSPS) is 10.7. The Balaban J connectivity index is 2.81. The zero-order valence-corrected chi connectivity index (χ0v) is 14.1. The molecule has 0 atom stereocenters. The number of hydrogen-bond acceptors (Lipinski definition) is 5. The molecule has 0 N–H and O–H groups in total. The molecule has 0 fully saturated rings. The van der Waals surface area contributed by atoms with Gasteiger partial charge in [-0.2, -0.15) is 0 Å². The van der Waals surface area contributed by atoms with Gasteiger partial charge < -0.3 is 14.2 Å². The van der Waals surface area contributed by atoms with Crippen molar-refractivity contribution in [3.05, 3.63) is 47.1 Å². The number of rotatable bonds is 7. The summed E-state index contributed by atoms with van der Waals surface area (Å²) in [7, 11) is 2.81. The van der Waals surface area contributed by atoms with Gasteiger partial charge in [-0.3, -0.25) is 4.79 Å². The summed E-state index contributed by atoms with van der Waals surface area (Å²) in [5.41, 5.74) is 2.11. The fourth-order valence-corrected chi connectivity index (χ4v) is 1.83. The fraction of sp³-hybridized carbons (Fsp3) is 0.333. The van der Waals surface area contributed by atoms with E-state index in [0.717, 1.165) is 11.1 Å². The van der Waals surface area contributed by atoms with Gasteiger partial charge >= 0.3 is 5.97 Å². The van der Waals surface area contributed by atoms with Crippen molar-refractivity contribution >= 4 is 11.8 Å². The number of carbonyl (C=O) groups excluding carboxylic acids is 2. The highest BCUT2D eigenvalue weighted by atomic mass is 16.5. The van der Waals surface area contributed by atoms with Crippen molar-refractivity contribution in [2.75, 3.05) is 20.8 Å². The molecule has 0 aromatic heterocycles. The van der Waals surface area contributed by atoms with Gasteiger partial charge in [-0.1, -0.05) is 5.57 Å². The van der Waals surface area contributed by atoms with Crippen LogP contribution in [0.5, 0.6) is 11.5 Å². The quantitative estimate of drug-likeness (QED) is 0.570. The van der Waals surface area contributed by atoms with Crippen molar-refractivity contribution in [2.24, 2.45) is 0 Å². The zero-order valence-electron chi connectivity index (χ0n) is 14.1. The van der Waals surface area contributed by atoms with E-state index in [1.165, 1.54) is 20.3 Å². The summed E-state index contributed by atoms with van der Waals surface area (Å²) in [6.45, 7) is 5.79. The van der Waals surface area contributed by atoms with Crippen LogP contribution < -0.4 is 9.47 Å². The largest absolute Gasteiger partial charge is 0.493 e. The third kappa shape index (κ3) is 5.98. The van der Waals surface area contributed by atoms with Crippen molar-refractivity contribution in [2.45, 2.75) is 20.8 Å². The van der Waals surface area contributed by atoms with Crippen LogP contribution >= 0.6 is 0 Å². The molecule has 1 aromatic rings. The summed E-state index contributed by atoms with van der Waals surface area (Å²) in [6.07, 6.45) is 3.09. The van der Waals surface area contributed by atoms with E-state index in [1.54, 1.807) is 24.3 Å². The van der Waals surface area contributed by atoms with Crippen molar-refractivity contribution in [1.82, 2.24) is 0 Å². The van der Waals surface area contributed by atoms with Crippen LogP contribution in [0, 0.1) is 0 Å². The average molecular weight is 318 g/mol. The van der Waals surface area contributed by atoms with Gasteiger partial charge in [-0.05, 0) is 56.7 Å². The minimum Gasteiger partial charge on any atom is -0.493 e. The first-order chi connectivity index (χ1) is 10.9. The molecule has 5 nitrogen and oxygen atoms in total. The second kappa shape index (κ2) is 8.78. The second-order valence-electron chi connectivity index (χ2n) is 5.26. The maximum Gasteiger partial charge on any atom is 0.337 e. The first-order valence-electron chi connectivity index (χ1n) is 7.12. The minimum atomic E-state index is -0.446. The van der Waals surface area contributed by atoms with E-state index in [-0.39, 0.29) is 12.4 Å². The second-order valence-corrected chi connectivity index (χ2v) is 5.26. The molecular weight excluding hydrogens is 296 g/mol. The number of methoxy groups -OCH3 is 2. The maximum absolute atomic E-state index is 11.7. The molecule has 0 heterocycles.